The molecule has 0 aliphatic rings. The van der Waals surface area contributed by atoms with Gasteiger partial charge in [-0.25, -0.2) is 29.9 Å². The van der Waals surface area contributed by atoms with Crippen LogP contribution in [0.15, 0.2) is 364 Å². The van der Waals surface area contributed by atoms with E-state index in [4.69, 9.17) is 30.6 Å². The minimum atomic E-state index is -1.18. The van der Waals surface area contributed by atoms with Crippen LogP contribution in [0.4, 0.5) is 0 Å². The van der Waals surface area contributed by atoms with Crippen LogP contribution >= 0.6 is 0 Å². The molecule has 12 aromatic carbocycles. The van der Waals surface area contributed by atoms with E-state index >= 15 is 0 Å². The molecular weight excluding hydrogens is 1970 g/mol. The SMILES string of the molecule is CCO.CCO.CCO.CCO.CCO.CCO.O=C([O-])c1cc(-c2ccccc2)nc2ccccc12.O=C([O-])c1cc(-c2ccccc2)nc2ccccc12.O=C([O-])c1cc(-c2ccccc2)nc2ccccc12.O=C([O-])c1cc(-c2ccccc2)nc2ccccc12.O=C([O-])c1cc(-c2ccccc2)nc2ccccc12.O=C([O-])c1cc(-c2ccccc2)nc2ccccc12.[Sm+3].[Sm+3]. The van der Waals surface area contributed by atoms with Gasteiger partial charge in [0.05, 0.1) is 103 Å². The molecular formula is C108H96N6O18Sm2. The zero-order valence-electron chi connectivity index (χ0n) is 74.0. The summed E-state index contributed by atoms with van der Waals surface area (Å²) in [6.07, 6.45) is 0. The normalized spacial score (nSPS) is 9.76. The molecule has 0 saturated heterocycles. The molecule has 0 atom stereocenters. The van der Waals surface area contributed by atoms with Crippen LogP contribution in [0.1, 0.15) is 104 Å². The molecule has 6 heterocycles. The summed E-state index contributed by atoms with van der Waals surface area (Å²) in [6, 6.07) is 109. The Morgan fingerprint density at radius 1 is 0.187 bits per heavy atom. The fraction of sp³-hybridized carbons (Fsp3) is 0.111. The minimum Gasteiger partial charge on any atom is -0.545 e. The number of carbonyl (C=O) groups excluding carboxylic acids is 6. The second kappa shape index (κ2) is 60.4. The third-order valence-corrected chi connectivity index (χ3v) is 18.0. The van der Waals surface area contributed by atoms with Gasteiger partial charge in [0.15, 0.2) is 0 Å². The number of nitrogens with zero attached hydrogens (tertiary/aromatic N) is 6. The summed E-state index contributed by atoms with van der Waals surface area (Å²) in [5.41, 5.74) is 14.1. The first kappa shape index (κ1) is 111. The Morgan fingerprint density at radius 2 is 0.284 bits per heavy atom. The molecule has 24 nitrogen and oxygen atoms in total. The summed E-state index contributed by atoms with van der Waals surface area (Å²) in [5.74, 6) is -7.11. The van der Waals surface area contributed by atoms with Crippen molar-refractivity contribution in [1.29, 1.82) is 0 Å². The number of fused-ring (bicyclic) bond motifs is 6. The van der Waals surface area contributed by atoms with Crippen molar-refractivity contribution in [3.8, 4) is 67.5 Å². The number of rotatable bonds is 12. The maximum absolute atomic E-state index is 11.3. The van der Waals surface area contributed by atoms with Crippen molar-refractivity contribution in [3.05, 3.63) is 397 Å². The summed E-state index contributed by atoms with van der Waals surface area (Å²) in [5, 5.41) is 117. The zero-order valence-corrected chi connectivity index (χ0v) is 79.2. The van der Waals surface area contributed by atoms with Crippen LogP contribution in [-0.2, 0) is 0 Å². The average Bonchev–Trinajstić information content (AvgIpc) is 0.822. The van der Waals surface area contributed by atoms with E-state index in [1.165, 1.54) is 0 Å². The summed E-state index contributed by atoms with van der Waals surface area (Å²) < 4.78 is 0. The minimum absolute atomic E-state index is 0. The van der Waals surface area contributed by atoms with E-state index in [1.54, 1.807) is 187 Å². The molecule has 0 amide bonds. The van der Waals surface area contributed by atoms with Gasteiger partial charge >= 0.3 is 80.8 Å². The van der Waals surface area contributed by atoms with Crippen LogP contribution in [0, 0.1) is 80.8 Å². The van der Waals surface area contributed by atoms with Crippen LogP contribution in [0.2, 0.25) is 0 Å². The molecule has 2 radical (unpaired) electrons. The molecule has 678 valence electrons. The quantitative estimate of drug-likeness (QED) is 0.0661. The van der Waals surface area contributed by atoms with E-state index in [0.717, 1.165) is 33.4 Å². The Kier molecular flexibility index (Phi) is 50.0. The predicted octanol–water partition coefficient (Wildman–Crippen LogP) is 13.6. The van der Waals surface area contributed by atoms with Crippen LogP contribution in [0.25, 0.3) is 133 Å². The first-order valence-corrected chi connectivity index (χ1v) is 41.7. The van der Waals surface area contributed by atoms with Gasteiger partial charge in [-0.3, -0.25) is 0 Å². The summed E-state index contributed by atoms with van der Waals surface area (Å²) >= 11 is 0. The van der Waals surface area contributed by atoms with Crippen molar-refractivity contribution in [2.24, 2.45) is 0 Å². The van der Waals surface area contributed by atoms with Gasteiger partial charge < -0.3 is 90.0 Å². The number of aromatic carboxylic acids is 6. The molecule has 18 rings (SSSR count). The van der Waals surface area contributed by atoms with Crippen LogP contribution in [-0.4, -0.2) is 136 Å². The smallest absolute Gasteiger partial charge is 0.545 e. The van der Waals surface area contributed by atoms with Gasteiger partial charge in [-0.2, -0.15) is 0 Å². The Hall–Kier alpha value is -13.6. The molecule has 26 heteroatoms. The molecule has 0 aliphatic heterocycles. The topological polar surface area (TPSA) is 439 Å². The van der Waals surface area contributed by atoms with Crippen LogP contribution in [0.3, 0.4) is 0 Å². The first-order chi connectivity index (χ1) is 64.0. The largest absolute Gasteiger partial charge is 3.00 e. The molecule has 0 saturated carbocycles. The average molecular weight is 2070 g/mol. The van der Waals surface area contributed by atoms with Gasteiger partial charge in [0.2, 0.25) is 0 Å². The molecule has 0 aliphatic carbocycles. The monoisotopic (exact) mass is 2070 g/mol. The zero-order chi connectivity index (χ0) is 95.7. The molecule has 0 fully saturated rings. The standard InChI is InChI=1S/6C16H11NO2.6C2H6O.2Sm/c6*18-16(19)13-10-15(11-6-2-1-3-7-11)17-14-9-5-4-8-12(13)14;6*1-2-3;;/h6*1-10H,(H,18,19);6*3H,2H2,1H3;;/q;;;;;;;;;;;;2*+3/p-6. The van der Waals surface area contributed by atoms with Crippen molar-refractivity contribution < 1.29 is 171 Å². The van der Waals surface area contributed by atoms with Gasteiger partial charge in [0.25, 0.3) is 0 Å². The fourth-order valence-electron chi connectivity index (χ4n) is 12.6. The van der Waals surface area contributed by atoms with E-state index in [1.807, 2.05) is 218 Å². The molecule has 0 spiro atoms. The van der Waals surface area contributed by atoms with Gasteiger partial charge in [-0.05, 0) is 114 Å². The van der Waals surface area contributed by atoms with E-state index in [-0.39, 0.29) is 154 Å². The summed E-state index contributed by atoms with van der Waals surface area (Å²) in [6.45, 7) is 11.6. The molecule has 6 aromatic heterocycles. The number of hydrogen-bond acceptors (Lipinski definition) is 24. The van der Waals surface area contributed by atoms with Crippen LogP contribution in [0.5, 0.6) is 0 Å². The Morgan fingerprint density at radius 3 is 0.388 bits per heavy atom. The number of carbonyl (C=O) groups is 6. The van der Waals surface area contributed by atoms with E-state index in [9.17, 15) is 59.4 Å². The maximum Gasteiger partial charge on any atom is 3.00 e. The number of benzene rings is 12. The summed E-state index contributed by atoms with van der Waals surface area (Å²) in [4.78, 5) is 94.5. The number of aromatic nitrogens is 6. The van der Waals surface area contributed by atoms with E-state index in [2.05, 4.69) is 29.9 Å². The third-order valence-electron chi connectivity index (χ3n) is 18.0. The number of para-hydroxylation sites is 6. The van der Waals surface area contributed by atoms with Crippen molar-refractivity contribution in [3.63, 3.8) is 0 Å². The number of hydrogen-bond donors (Lipinski definition) is 6. The van der Waals surface area contributed by atoms with Gasteiger partial charge in [0.1, 0.15) is 0 Å². The van der Waals surface area contributed by atoms with Crippen molar-refractivity contribution in [2.45, 2.75) is 41.5 Å². The number of carboxylic acids is 6. The second-order valence-electron chi connectivity index (χ2n) is 27.3. The first-order valence-electron chi connectivity index (χ1n) is 41.7. The van der Waals surface area contributed by atoms with Gasteiger partial charge in [0, 0.05) is 139 Å². The maximum atomic E-state index is 11.3. The number of carboxylic acid groups (broad SMARTS) is 6. The second-order valence-corrected chi connectivity index (χ2v) is 27.3. The Bertz CT molecular complexity index is 5680. The van der Waals surface area contributed by atoms with Crippen molar-refractivity contribution in [2.75, 3.05) is 39.6 Å². The molecule has 6 N–H and O–H groups in total. The number of aliphatic hydroxyl groups is 6. The van der Waals surface area contributed by atoms with E-state index in [0.29, 0.717) is 99.6 Å². The predicted molar refractivity (Wildman–Crippen MR) is 506 cm³/mol. The van der Waals surface area contributed by atoms with E-state index < -0.39 is 35.8 Å². The molecule has 134 heavy (non-hydrogen) atoms. The molecule has 18 aromatic rings. The summed E-state index contributed by atoms with van der Waals surface area (Å²) in [7, 11) is 0. The molecule has 0 bridgehead atoms. The molecule has 0 unspecified atom stereocenters. The van der Waals surface area contributed by atoms with Crippen LogP contribution < -0.4 is 30.6 Å². The number of aliphatic hydroxyl groups excluding tert-OH is 6. The van der Waals surface area contributed by atoms with Crippen molar-refractivity contribution >= 4 is 101 Å². The van der Waals surface area contributed by atoms with Gasteiger partial charge in [-0.15, -0.1) is 0 Å². The fourth-order valence-corrected chi connectivity index (χ4v) is 12.6. The third kappa shape index (κ3) is 33.6. The Balaban J connectivity index is 0.000000273. The van der Waals surface area contributed by atoms with Gasteiger partial charge in [-0.1, -0.05) is 291 Å². The Labute approximate surface area is 840 Å². The van der Waals surface area contributed by atoms with Crippen molar-refractivity contribution in [1.82, 2.24) is 29.9 Å². The number of pyridine rings is 6.